The molecule has 0 saturated heterocycles. The number of aromatic nitrogens is 7. The minimum Gasteiger partial charge on any atom is -0.278 e. The number of hydrogen-bond acceptors (Lipinski definition) is 4. The topological polar surface area (TPSA) is 76.7 Å². The second kappa shape index (κ2) is 7.47. The van der Waals surface area contributed by atoms with Crippen LogP contribution in [0.1, 0.15) is 5.56 Å². The van der Waals surface area contributed by atoms with E-state index in [2.05, 4.69) is 31.7 Å². The van der Waals surface area contributed by atoms with Crippen LogP contribution in [0.2, 0.25) is 10.0 Å². The largest absolute Gasteiger partial charge is 0.278 e. The molecule has 0 unspecified atom stereocenters. The number of aromatic amines is 1. The fraction of sp³-hybridized carbons (Fsp3) is 0.0435. The lowest BCUT2D eigenvalue weighted by Crippen LogP contribution is -2.04. The number of fused-ring (bicyclic) bond motifs is 2. The van der Waals surface area contributed by atoms with Gasteiger partial charge in [-0.3, -0.25) is 9.78 Å². The number of rotatable bonds is 4. The standard InChI is InChI=1S/C23H15Cl2N7/c24-18-4-3-17(19(25)11-18)13-32-21(5-7-27-32)14-6-8-31-22(10-14)23(29-30-31)15-1-2-16-12-26-28-20(16)9-15/h1-12H,13H2,(H,26,28). The van der Waals surface area contributed by atoms with Gasteiger partial charge >= 0.3 is 0 Å². The Kier molecular flexibility index (Phi) is 4.45. The Bertz CT molecular complexity index is 1590. The Morgan fingerprint density at radius 3 is 2.78 bits per heavy atom. The van der Waals surface area contributed by atoms with Crippen molar-refractivity contribution < 1.29 is 0 Å². The summed E-state index contributed by atoms with van der Waals surface area (Å²) in [6.45, 7) is 0.532. The van der Waals surface area contributed by atoms with Gasteiger partial charge in [-0.1, -0.05) is 46.6 Å². The lowest BCUT2D eigenvalue weighted by atomic mass is 10.1. The number of pyridine rings is 1. The van der Waals surface area contributed by atoms with Crippen LogP contribution in [0, 0.1) is 0 Å². The molecule has 9 heteroatoms. The fourth-order valence-electron chi connectivity index (χ4n) is 3.86. The predicted molar refractivity (Wildman–Crippen MR) is 125 cm³/mol. The molecule has 0 aliphatic rings. The Labute approximate surface area is 192 Å². The van der Waals surface area contributed by atoms with E-state index in [1.165, 1.54) is 0 Å². The highest BCUT2D eigenvalue weighted by atomic mass is 35.5. The number of nitrogens with zero attached hydrogens (tertiary/aromatic N) is 6. The summed E-state index contributed by atoms with van der Waals surface area (Å²) >= 11 is 12.4. The first-order chi connectivity index (χ1) is 15.7. The zero-order chi connectivity index (χ0) is 21.7. The highest BCUT2D eigenvalue weighted by Gasteiger charge is 2.14. The molecule has 0 fully saturated rings. The highest BCUT2D eigenvalue weighted by molar-refractivity contribution is 6.35. The maximum absolute atomic E-state index is 6.38. The summed E-state index contributed by atoms with van der Waals surface area (Å²) in [5, 5.41) is 22.6. The molecule has 0 bridgehead atoms. The molecule has 0 aliphatic carbocycles. The van der Waals surface area contributed by atoms with Gasteiger partial charge in [0.2, 0.25) is 0 Å². The number of H-pyrrole nitrogens is 1. The molecule has 0 amide bonds. The Morgan fingerprint density at radius 1 is 0.938 bits per heavy atom. The maximum Gasteiger partial charge on any atom is 0.120 e. The Hall–Kier alpha value is -3.68. The average Bonchev–Trinajstić information content (AvgIpc) is 3.54. The van der Waals surface area contributed by atoms with Gasteiger partial charge in [0, 0.05) is 39.0 Å². The molecule has 1 N–H and O–H groups in total. The van der Waals surface area contributed by atoms with E-state index in [1.54, 1.807) is 23.0 Å². The van der Waals surface area contributed by atoms with Crippen LogP contribution in [-0.4, -0.2) is 34.8 Å². The summed E-state index contributed by atoms with van der Waals surface area (Å²) in [5.41, 5.74) is 6.55. The lowest BCUT2D eigenvalue weighted by molar-refractivity contribution is 0.694. The van der Waals surface area contributed by atoms with Crippen LogP contribution in [0.5, 0.6) is 0 Å². The van der Waals surface area contributed by atoms with Crippen LogP contribution < -0.4 is 0 Å². The SMILES string of the molecule is Clc1ccc(Cn2nccc2-c2ccn3nnc(-c4ccc5cn[nH]c5c4)c3c2)c(Cl)c1. The van der Waals surface area contributed by atoms with Crippen LogP contribution >= 0.6 is 23.2 Å². The molecule has 4 aromatic heterocycles. The summed E-state index contributed by atoms with van der Waals surface area (Å²) < 4.78 is 3.69. The van der Waals surface area contributed by atoms with E-state index in [1.807, 2.05) is 53.3 Å². The van der Waals surface area contributed by atoms with Gasteiger partial charge in [-0.15, -0.1) is 5.10 Å². The lowest BCUT2D eigenvalue weighted by Gasteiger charge is -2.10. The molecular formula is C23H15Cl2N7. The van der Waals surface area contributed by atoms with Crippen LogP contribution in [0.25, 0.3) is 38.9 Å². The van der Waals surface area contributed by atoms with E-state index in [0.717, 1.165) is 44.5 Å². The predicted octanol–water partition coefficient (Wildman–Crippen LogP) is 5.49. The molecule has 4 heterocycles. The minimum atomic E-state index is 0.532. The molecule has 0 atom stereocenters. The molecule has 7 nitrogen and oxygen atoms in total. The quantitative estimate of drug-likeness (QED) is 0.378. The number of nitrogens with one attached hydrogen (secondary N) is 1. The summed E-state index contributed by atoms with van der Waals surface area (Å²) in [7, 11) is 0. The molecule has 32 heavy (non-hydrogen) atoms. The fourth-order valence-corrected chi connectivity index (χ4v) is 4.32. The Balaban J connectivity index is 1.42. The third-order valence-corrected chi connectivity index (χ3v) is 6.07. The van der Waals surface area contributed by atoms with Gasteiger partial charge in [0.25, 0.3) is 0 Å². The van der Waals surface area contributed by atoms with Crippen molar-refractivity contribution in [2.45, 2.75) is 6.54 Å². The van der Waals surface area contributed by atoms with Gasteiger partial charge in [-0.05, 0) is 42.0 Å². The molecule has 6 rings (SSSR count). The van der Waals surface area contributed by atoms with Crippen molar-refractivity contribution >= 4 is 39.6 Å². The summed E-state index contributed by atoms with van der Waals surface area (Å²) in [6.07, 6.45) is 5.49. The van der Waals surface area contributed by atoms with Crippen molar-refractivity contribution in [2.24, 2.45) is 0 Å². The second-order valence-electron chi connectivity index (χ2n) is 7.47. The number of benzene rings is 2. The normalized spacial score (nSPS) is 11.6. The smallest absolute Gasteiger partial charge is 0.120 e. The zero-order valence-electron chi connectivity index (χ0n) is 16.6. The van der Waals surface area contributed by atoms with E-state index >= 15 is 0 Å². The van der Waals surface area contributed by atoms with Crippen molar-refractivity contribution in [3.05, 3.63) is 88.8 Å². The third-order valence-electron chi connectivity index (χ3n) is 5.48. The van der Waals surface area contributed by atoms with Crippen molar-refractivity contribution in [3.63, 3.8) is 0 Å². The molecule has 0 aliphatic heterocycles. The van der Waals surface area contributed by atoms with E-state index in [-0.39, 0.29) is 0 Å². The first-order valence-corrected chi connectivity index (χ1v) is 10.7. The van der Waals surface area contributed by atoms with Crippen LogP contribution in [-0.2, 0) is 6.54 Å². The molecule has 0 saturated carbocycles. The van der Waals surface area contributed by atoms with Crippen LogP contribution in [0.15, 0.2) is 73.2 Å². The zero-order valence-corrected chi connectivity index (χ0v) is 18.1. The van der Waals surface area contributed by atoms with Gasteiger partial charge in [-0.25, -0.2) is 4.52 Å². The molecular weight excluding hydrogens is 445 g/mol. The van der Waals surface area contributed by atoms with Crippen molar-refractivity contribution in [1.82, 2.24) is 34.8 Å². The van der Waals surface area contributed by atoms with E-state index < -0.39 is 0 Å². The van der Waals surface area contributed by atoms with E-state index in [4.69, 9.17) is 23.2 Å². The van der Waals surface area contributed by atoms with Crippen LogP contribution in [0.3, 0.4) is 0 Å². The van der Waals surface area contributed by atoms with Gasteiger partial charge < -0.3 is 0 Å². The van der Waals surface area contributed by atoms with Crippen LogP contribution in [0.4, 0.5) is 0 Å². The van der Waals surface area contributed by atoms with Gasteiger partial charge in [0.05, 0.1) is 29.5 Å². The summed E-state index contributed by atoms with van der Waals surface area (Å²) in [5.74, 6) is 0. The van der Waals surface area contributed by atoms with Crippen molar-refractivity contribution in [2.75, 3.05) is 0 Å². The van der Waals surface area contributed by atoms with Gasteiger partial charge in [0.1, 0.15) is 5.69 Å². The second-order valence-corrected chi connectivity index (χ2v) is 8.31. The molecule has 0 spiro atoms. The number of halogens is 2. The van der Waals surface area contributed by atoms with Crippen molar-refractivity contribution in [1.29, 1.82) is 0 Å². The first-order valence-electron chi connectivity index (χ1n) is 9.90. The van der Waals surface area contributed by atoms with Gasteiger partial charge in [0.15, 0.2) is 0 Å². The first kappa shape index (κ1) is 19.0. The third kappa shape index (κ3) is 3.23. The van der Waals surface area contributed by atoms with Crippen molar-refractivity contribution in [3.8, 4) is 22.5 Å². The average molecular weight is 460 g/mol. The summed E-state index contributed by atoms with van der Waals surface area (Å²) in [4.78, 5) is 0. The summed E-state index contributed by atoms with van der Waals surface area (Å²) in [6, 6.07) is 17.6. The minimum absolute atomic E-state index is 0.532. The number of hydrogen-bond donors (Lipinski definition) is 1. The van der Waals surface area contributed by atoms with E-state index in [0.29, 0.717) is 16.6 Å². The molecule has 0 radical (unpaired) electrons. The van der Waals surface area contributed by atoms with Gasteiger partial charge in [-0.2, -0.15) is 10.2 Å². The molecule has 6 aromatic rings. The maximum atomic E-state index is 6.38. The van der Waals surface area contributed by atoms with E-state index in [9.17, 15) is 0 Å². The Morgan fingerprint density at radius 2 is 1.88 bits per heavy atom. The highest BCUT2D eigenvalue weighted by Crippen LogP contribution is 2.29. The molecule has 2 aromatic carbocycles. The monoisotopic (exact) mass is 459 g/mol. The molecule has 156 valence electrons.